The van der Waals surface area contributed by atoms with Gasteiger partial charge in [0.25, 0.3) is 0 Å². The van der Waals surface area contributed by atoms with Gasteiger partial charge >= 0.3 is 5.69 Å². The molecule has 0 radical (unpaired) electrons. The summed E-state index contributed by atoms with van der Waals surface area (Å²) >= 11 is 0. The number of benzene rings is 2. The molecule has 38 heavy (non-hydrogen) atoms. The predicted octanol–water partition coefficient (Wildman–Crippen LogP) is 3.72. The number of aromatic nitrogens is 4. The summed E-state index contributed by atoms with van der Waals surface area (Å²) in [6, 6.07) is 16.3. The first-order valence-electron chi connectivity index (χ1n) is 12.8. The lowest BCUT2D eigenvalue weighted by molar-refractivity contribution is 0.0497. The van der Waals surface area contributed by atoms with Crippen LogP contribution in [0.5, 0.6) is 11.5 Å². The molecule has 0 saturated carbocycles. The van der Waals surface area contributed by atoms with Crippen LogP contribution in [0.4, 0.5) is 10.2 Å². The summed E-state index contributed by atoms with van der Waals surface area (Å²) in [7, 11) is 0. The van der Waals surface area contributed by atoms with Crippen LogP contribution in [0.1, 0.15) is 25.3 Å². The Morgan fingerprint density at radius 1 is 0.974 bits per heavy atom. The van der Waals surface area contributed by atoms with Gasteiger partial charge in [0.15, 0.2) is 11.5 Å². The molecule has 0 spiro atoms. The van der Waals surface area contributed by atoms with Crippen LogP contribution in [0.2, 0.25) is 0 Å². The highest BCUT2D eigenvalue weighted by atomic mass is 35.5. The van der Waals surface area contributed by atoms with Crippen molar-refractivity contribution in [3.8, 4) is 17.2 Å². The van der Waals surface area contributed by atoms with E-state index >= 15 is 4.39 Å². The number of halogens is 2. The fraction of sp³-hybridized carbons (Fsp3) is 0.370. The Balaban J connectivity index is 0.00000294. The average Bonchev–Trinajstić information content (AvgIpc) is 3.23. The molecule has 4 heterocycles. The number of alkyl halides is 1. The van der Waals surface area contributed by atoms with Gasteiger partial charge in [0.05, 0.1) is 11.7 Å². The third-order valence-corrected chi connectivity index (χ3v) is 7.45. The minimum absolute atomic E-state index is 0. The highest BCUT2D eigenvalue weighted by Crippen LogP contribution is 2.32. The number of piperidine rings is 2. The van der Waals surface area contributed by atoms with E-state index in [0.29, 0.717) is 47.4 Å². The average molecular weight is 540 g/mol. The lowest BCUT2D eigenvalue weighted by Gasteiger charge is -2.41. The second-order valence-corrected chi connectivity index (χ2v) is 9.68. The fourth-order valence-corrected chi connectivity index (χ4v) is 5.60. The van der Waals surface area contributed by atoms with Crippen molar-refractivity contribution in [2.45, 2.75) is 37.5 Å². The number of imidazole rings is 1. The Bertz CT molecular complexity index is 1440. The quantitative estimate of drug-likeness (QED) is 0.398. The zero-order valence-electron chi connectivity index (χ0n) is 20.9. The number of ether oxygens (including phenoxy) is 1. The summed E-state index contributed by atoms with van der Waals surface area (Å²) < 4.78 is 24.5. The van der Waals surface area contributed by atoms with E-state index in [0.717, 1.165) is 32.5 Å². The zero-order valence-corrected chi connectivity index (χ0v) is 21.7. The summed E-state index contributed by atoms with van der Waals surface area (Å²) in [6.45, 7) is 2.96. The van der Waals surface area contributed by atoms with Crippen molar-refractivity contribution < 1.29 is 9.13 Å². The van der Waals surface area contributed by atoms with E-state index in [1.54, 1.807) is 24.3 Å². The number of nitrogens with two attached hydrogens (primary N) is 1. The summed E-state index contributed by atoms with van der Waals surface area (Å²) in [5.74, 6) is 1.52. The number of nitrogens with one attached hydrogen (secondary N) is 1. The van der Waals surface area contributed by atoms with Gasteiger partial charge in [-0.25, -0.2) is 19.2 Å². The molecule has 4 aromatic rings. The lowest BCUT2D eigenvalue weighted by atomic mass is 9.97. The lowest BCUT2D eigenvalue weighted by Crippen LogP contribution is -2.51. The molecular weight excluding hydrogens is 509 g/mol. The molecule has 0 aliphatic carbocycles. The van der Waals surface area contributed by atoms with Gasteiger partial charge in [-0.2, -0.15) is 0 Å². The molecule has 2 fully saturated rings. The molecule has 2 aliphatic rings. The molecule has 0 bridgehead atoms. The predicted molar refractivity (Wildman–Crippen MR) is 147 cm³/mol. The van der Waals surface area contributed by atoms with Crippen LogP contribution in [0, 0.1) is 0 Å². The maximum absolute atomic E-state index is 15.7. The SMILES string of the molecule is Cl.Nc1ncnc2c1n(-c1ccc(Oc3ccccc3)cc1)c(=O)n2[C@@H]1CCN(C2CCNCC2)C[C@@H]1F. The summed E-state index contributed by atoms with van der Waals surface area (Å²) in [4.78, 5) is 24.6. The van der Waals surface area contributed by atoms with Crippen molar-refractivity contribution in [3.05, 3.63) is 71.4 Å². The molecule has 2 saturated heterocycles. The van der Waals surface area contributed by atoms with Crippen molar-refractivity contribution in [1.82, 2.24) is 29.3 Å². The Labute approximate surface area is 225 Å². The number of fused-ring (bicyclic) bond motifs is 1. The first-order valence-corrected chi connectivity index (χ1v) is 12.8. The Morgan fingerprint density at radius 3 is 2.39 bits per heavy atom. The molecule has 2 aromatic carbocycles. The van der Waals surface area contributed by atoms with Crippen LogP contribution in [0.3, 0.4) is 0 Å². The topological polar surface area (TPSA) is 103 Å². The Morgan fingerprint density at radius 2 is 1.68 bits per heavy atom. The fourth-order valence-electron chi connectivity index (χ4n) is 5.60. The van der Waals surface area contributed by atoms with Crippen LogP contribution < -0.4 is 21.5 Å². The van der Waals surface area contributed by atoms with E-state index in [9.17, 15) is 4.79 Å². The van der Waals surface area contributed by atoms with Gasteiger partial charge in [-0.15, -0.1) is 12.4 Å². The van der Waals surface area contributed by atoms with E-state index < -0.39 is 12.2 Å². The molecule has 200 valence electrons. The van der Waals surface area contributed by atoms with E-state index in [1.807, 2.05) is 30.3 Å². The standard InChI is InChI=1S/C27H30FN7O2.ClH/c28-22-16-33(18-10-13-30-14-11-18)15-12-23(22)35-26-24(25(29)31-17-32-26)34(27(35)36)19-6-8-21(9-7-19)37-20-4-2-1-3-5-20;/h1-9,17-18,22-23,30H,10-16H2,(H2,29,31,32);1H/t22-,23+;/m0./s1. The van der Waals surface area contributed by atoms with Crippen LogP contribution in [-0.2, 0) is 0 Å². The summed E-state index contributed by atoms with van der Waals surface area (Å²) in [5.41, 5.74) is 7.18. The van der Waals surface area contributed by atoms with Crippen LogP contribution in [-0.4, -0.2) is 62.4 Å². The zero-order chi connectivity index (χ0) is 25.4. The van der Waals surface area contributed by atoms with Gasteiger partial charge in [-0.1, -0.05) is 18.2 Å². The van der Waals surface area contributed by atoms with Gasteiger partial charge in [0.1, 0.15) is 29.5 Å². The number of anilines is 1. The van der Waals surface area contributed by atoms with Gasteiger partial charge in [0.2, 0.25) is 0 Å². The molecule has 0 amide bonds. The third kappa shape index (κ3) is 4.87. The molecule has 3 N–H and O–H groups in total. The minimum atomic E-state index is -1.20. The molecule has 2 aliphatic heterocycles. The number of nitrogen functional groups attached to an aromatic ring is 1. The maximum atomic E-state index is 15.7. The smallest absolute Gasteiger partial charge is 0.335 e. The molecule has 2 atom stereocenters. The van der Waals surface area contributed by atoms with Crippen molar-refractivity contribution in [3.63, 3.8) is 0 Å². The van der Waals surface area contributed by atoms with Crippen LogP contribution in [0.25, 0.3) is 16.9 Å². The second kappa shape index (κ2) is 11.1. The van der Waals surface area contributed by atoms with Crippen LogP contribution >= 0.6 is 12.4 Å². The third-order valence-electron chi connectivity index (χ3n) is 7.45. The first-order chi connectivity index (χ1) is 18.1. The Kier molecular flexibility index (Phi) is 7.64. The van der Waals surface area contributed by atoms with E-state index in [-0.39, 0.29) is 23.9 Å². The van der Waals surface area contributed by atoms with Gasteiger partial charge in [-0.3, -0.25) is 14.0 Å². The normalized spacial score (nSPS) is 20.8. The van der Waals surface area contributed by atoms with Crippen molar-refractivity contribution >= 4 is 29.4 Å². The number of nitrogens with zero attached hydrogens (tertiary/aromatic N) is 5. The van der Waals surface area contributed by atoms with E-state index in [2.05, 4.69) is 20.2 Å². The molecule has 2 aromatic heterocycles. The highest BCUT2D eigenvalue weighted by molar-refractivity contribution is 5.85. The number of hydrogen-bond donors (Lipinski definition) is 2. The highest BCUT2D eigenvalue weighted by Gasteiger charge is 2.37. The van der Waals surface area contributed by atoms with E-state index in [1.165, 1.54) is 15.5 Å². The minimum Gasteiger partial charge on any atom is -0.457 e. The number of rotatable bonds is 5. The Hall–Kier alpha value is -3.47. The largest absolute Gasteiger partial charge is 0.457 e. The molecule has 11 heteroatoms. The van der Waals surface area contributed by atoms with E-state index in [4.69, 9.17) is 10.5 Å². The van der Waals surface area contributed by atoms with Crippen molar-refractivity contribution in [2.75, 3.05) is 31.9 Å². The maximum Gasteiger partial charge on any atom is 0.335 e. The van der Waals surface area contributed by atoms with Crippen molar-refractivity contribution in [2.24, 2.45) is 0 Å². The van der Waals surface area contributed by atoms with Gasteiger partial charge in [-0.05, 0) is 68.8 Å². The number of para-hydroxylation sites is 1. The van der Waals surface area contributed by atoms with Crippen molar-refractivity contribution in [1.29, 1.82) is 0 Å². The first kappa shape index (κ1) is 26.1. The molecular formula is C27H31ClFN7O2. The van der Waals surface area contributed by atoms with Gasteiger partial charge in [0, 0.05) is 19.1 Å². The molecule has 0 unspecified atom stereocenters. The summed E-state index contributed by atoms with van der Waals surface area (Å²) in [5, 5.41) is 3.36. The number of likely N-dealkylation sites (tertiary alicyclic amines) is 1. The molecule has 6 rings (SSSR count). The molecule has 9 nitrogen and oxygen atoms in total. The number of hydrogen-bond acceptors (Lipinski definition) is 7. The monoisotopic (exact) mass is 539 g/mol. The second-order valence-electron chi connectivity index (χ2n) is 9.68. The van der Waals surface area contributed by atoms with Gasteiger partial charge < -0.3 is 15.8 Å². The summed E-state index contributed by atoms with van der Waals surface area (Å²) in [6.07, 6.45) is 2.69. The van der Waals surface area contributed by atoms with Crippen LogP contribution in [0.15, 0.2) is 65.7 Å².